The molecule has 0 aromatic heterocycles. The largest absolute Gasteiger partial charge is 0.494 e. The highest BCUT2D eigenvalue weighted by atomic mass is 19.1. The van der Waals surface area contributed by atoms with E-state index in [1.165, 1.54) is 7.11 Å². The minimum absolute atomic E-state index is 0.0159. The molecule has 2 rings (SSSR count). The van der Waals surface area contributed by atoms with Crippen LogP contribution in [0.2, 0.25) is 0 Å². The third-order valence-corrected chi connectivity index (χ3v) is 2.89. The second kappa shape index (κ2) is 4.51. The Morgan fingerprint density at radius 1 is 1.56 bits per heavy atom. The predicted octanol–water partition coefficient (Wildman–Crippen LogP) is 1.51. The molecule has 0 spiro atoms. The summed E-state index contributed by atoms with van der Waals surface area (Å²) in [5.41, 5.74) is 0.543. The molecule has 3 nitrogen and oxygen atoms in total. The number of benzene rings is 1. The normalized spacial score (nSPS) is 19.6. The minimum Gasteiger partial charge on any atom is -0.494 e. The first-order valence-corrected chi connectivity index (χ1v) is 5.31. The average molecular weight is 223 g/mol. The summed E-state index contributed by atoms with van der Waals surface area (Å²) in [5, 5.41) is 2.75. The Morgan fingerprint density at radius 3 is 3.00 bits per heavy atom. The number of amides is 1. The summed E-state index contributed by atoms with van der Waals surface area (Å²) in [6.45, 7) is 0.690. The van der Waals surface area contributed by atoms with Gasteiger partial charge in [-0.3, -0.25) is 4.79 Å². The van der Waals surface area contributed by atoms with E-state index in [0.29, 0.717) is 18.5 Å². The summed E-state index contributed by atoms with van der Waals surface area (Å²) in [6.07, 6.45) is 1.21. The number of rotatable bonds is 3. The summed E-state index contributed by atoms with van der Waals surface area (Å²) in [7, 11) is 1.43. The number of halogens is 1. The molecule has 1 amide bonds. The van der Waals surface area contributed by atoms with Crippen molar-refractivity contribution in [2.24, 2.45) is 5.92 Å². The molecule has 1 aliphatic heterocycles. The van der Waals surface area contributed by atoms with Crippen LogP contribution in [0.15, 0.2) is 18.2 Å². The van der Waals surface area contributed by atoms with Crippen molar-refractivity contribution >= 4 is 5.91 Å². The maximum Gasteiger partial charge on any atom is 0.223 e. The molecular weight excluding hydrogens is 209 g/mol. The lowest BCUT2D eigenvalue weighted by Gasteiger charge is -2.10. The van der Waals surface area contributed by atoms with Gasteiger partial charge in [0, 0.05) is 12.5 Å². The van der Waals surface area contributed by atoms with Crippen LogP contribution in [0.3, 0.4) is 0 Å². The van der Waals surface area contributed by atoms with Crippen LogP contribution in [0.5, 0.6) is 5.75 Å². The SMILES string of the molecule is COc1cccc(CC2CCNC2=O)c1F. The highest BCUT2D eigenvalue weighted by Crippen LogP contribution is 2.24. The van der Waals surface area contributed by atoms with Gasteiger partial charge >= 0.3 is 0 Å². The molecule has 0 radical (unpaired) electrons. The lowest BCUT2D eigenvalue weighted by atomic mass is 9.97. The fraction of sp³-hybridized carbons (Fsp3) is 0.417. The second-order valence-electron chi connectivity index (χ2n) is 3.91. The van der Waals surface area contributed by atoms with Gasteiger partial charge in [-0.25, -0.2) is 4.39 Å². The third-order valence-electron chi connectivity index (χ3n) is 2.89. The van der Waals surface area contributed by atoms with Gasteiger partial charge < -0.3 is 10.1 Å². The van der Waals surface area contributed by atoms with E-state index >= 15 is 0 Å². The van der Waals surface area contributed by atoms with Crippen LogP contribution < -0.4 is 10.1 Å². The van der Waals surface area contributed by atoms with E-state index in [1.807, 2.05) is 0 Å². The molecule has 1 aromatic rings. The zero-order valence-corrected chi connectivity index (χ0v) is 9.13. The Morgan fingerprint density at radius 2 is 2.38 bits per heavy atom. The monoisotopic (exact) mass is 223 g/mol. The maximum atomic E-state index is 13.8. The number of hydrogen-bond acceptors (Lipinski definition) is 2. The van der Waals surface area contributed by atoms with Crippen molar-refractivity contribution in [1.82, 2.24) is 5.32 Å². The van der Waals surface area contributed by atoms with E-state index in [-0.39, 0.29) is 23.4 Å². The van der Waals surface area contributed by atoms with E-state index < -0.39 is 0 Å². The molecule has 1 aliphatic rings. The molecule has 0 aliphatic carbocycles. The van der Waals surface area contributed by atoms with E-state index in [4.69, 9.17) is 4.74 Å². The van der Waals surface area contributed by atoms with Gasteiger partial charge in [0.2, 0.25) is 5.91 Å². The van der Waals surface area contributed by atoms with Crippen LogP contribution >= 0.6 is 0 Å². The first kappa shape index (κ1) is 10.9. The molecule has 1 aromatic carbocycles. The van der Waals surface area contributed by atoms with Crippen LogP contribution in [-0.4, -0.2) is 19.6 Å². The van der Waals surface area contributed by atoms with E-state index in [9.17, 15) is 9.18 Å². The lowest BCUT2D eigenvalue weighted by Crippen LogP contribution is -2.20. The minimum atomic E-state index is -0.357. The van der Waals surface area contributed by atoms with Gasteiger partial charge in [-0.05, 0) is 24.5 Å². The van der Waals surface area contributed by atoms with E-state index in [1.54, 1.807) is 18.2 Å². The van der Waals surface area contributed by atoms with Crippen LogP contribution in [0.4, 0.5) is 4.39 Å². The number of carbonyl (C=O) groups excluding carboxylic acids is 1. The summed E-state index contributed by atoms with van der Waals surface area (Å²) < 4.78 is 18.7. The van der Waals surface area contributed by atoms with Crippen molar-refractivity contribution in [3.05, 3.63) is 29.6 Å². The Kier molecular flexibility index (Phi) is 3.08. The summed E-state index contributed by atoms with van der Waals surface area (Å²) in [4.78, 5) is 11.4. The first-order valence-electron chi connectivity index (χ1n) is 5.31. The smallest absolute Gasteiger partial charge is 0.223 e. The number of methoxy groups -OCH3 is 1. The Balaban J connectivity index is 2.18. The van der Waals surface area contributed by atoms with Crippen LogP contribution in [0, 0.1) is 11.7 Å². The van der Waals surface area contributed by atoms with Crippen LogP contribution in [-0.2, 0) is 11.2 Å². The molecule has 1 atom stereocenters. The third kappa shape index (κ3) is 2.01. The molecule has 86 valence electrons. The van der Waals surface area contributed by atoms with Crippen LogP contribution in [0.25, 0.3) is 0 Å². The molecule has 1 N–H and O–H groups in total. The number of hydrogen-bond donors (Lipinski definition) is 1. The van der Waals surface area contributed by atoms with Crippen molar-refractivity contribution < 1.29 is 13.9 Å². The number of carbonyl (C=O) groups is 1. The average Bonchev–Trinajstić information content (AvgIpc) is 2.68. The topological polar surface area (TPSA) is 38.3 Å². The van der Waals surface area contributed by atoms with Crippen molar-refractivity contribution in [3.63, 3.8) is 0 Å². The number of ether oxygens (including phenoxy) is 1. The fourth-order valence-electron chi connectivity index (χ4n) is 1.98. The molecule has 16 heavy (non-hydrogen) atoms. The standard InChI is InChI=1S/C12H14FNO2/c1-16-10-4-2-3-8(11(10)13)7-9-5-6-14-12(9)15/h2-4,9H,5-7H2,1H3,(H,14,15). The number of nitrogens with one attached hydrogen (secondary N) is 1. The van der Waals surface area contributed by atoms with Crippen LogP contribution in [0.1, 0.15) is 12.0 Å². The quantitative estimate of drug-likeness (QED) is 0.843. The predicted molar refractivity (Wildman–Crippen MR) is 57.8 cm³/mol. The lowest BCUT2D eigenvalue weighted by molar-refractivity contribution is -0.122. The van der Waals surface area contributed by atoms with E-state index in [2.05, 4.69) is 5.32 Å². The Hall–Kier alpha value is -1.58. The summed E-state index contributed by atoms with van der Waals surface area (Å²) in [5.74, 6) is -0.218. The summed E-state index contributed by atoms with van der Waals surface area (Å²) in [6, 6.07) is 5.01. The second-order valence-corrected chi connectivity index (χ2v) is 3.91. The Bertz CT molecular complexity index is 406. The maximum absolute atomic E-state index is 13.8. The van der Waals surface area contributed by atoms with Crippen molar-refractivity contribution in [2.45, 2.75) is 12.8 Å². The van der Waals surface area contributed by atoms with Crippen molar-refractivity contribution in [3.8, 4) is 5.75 Å². The van der Waals surface area contributed by atoms with Gasteiger partial charge in [0.25, 0.3) is 0 Å². The van der Waals surface area contributed by atoms with Gasteiger partial charge in [0.15, 0.2) is 11.6 Å². The van der Waals surface area contributed by atoms with Crippen molar-refractivity contribution in [2.75, 3.05) is 13.7 Å². The molecule has 1 unspecified atom stereocenters. The molecule has 1 fully saturated rings. The molecule has 4 heteroatoms. The van der Waals surface area contributed by atoms with E-state index in [0.717, 1.165) is 6.42 Å². The highest BCUT2D eigenvalue weighted by Gasteiger charge is 2.25. The molecule has 1 heterocycles. The zero-order chi connectivity index (χ0) is 11.5. The molecule has 1 saturated heterocycles. The van der Waals surface area contributed by atoms with Crippen molar-refractivity contribution in [1.29, 1.82) is 0 Å². The van der Waals surface area contributed by atoms with Gasteiger partial charge in [-0.2, -0.15) is 0 Å². The molecular formula is C12H14FNO2. The van der Waals surface area contributed by atoms with Gasteiger partial charge in [-0.1, -0.05) is 12.1 Å². The Labute approximate surface area is 93.6 Å². The van der Waals surface area contributed by atoms with Gasteiger partial charge in [0.1, 0.15) is 0 Å². The highest BCUT2D eigenvalue weighted by molar-refractivity contribution is 5.80. The van der Waals surface area contributed by atoms with Gasteiger partial charge in [0.05, 0.1) is 7.11 Å². The fourth-order valence-corrected chi connectivity index (χ4v) is 1.98. The first-order chi connectivity index (χ1) is 7.72. The molecule has 0 bridgehead atoms. The molecule has 0 saturated carbocycles. The van der Waals surface area contributed by atoms with Gasteiger partial charge in [-0.15, -0.1) is 0 Å². The summed E-state index contributed by atoms with van der Waals surface area (Å²) >= 11 is 0. The zero-order valence-electron chi connectivity index (χ0n) is 9.13.